The first kappa shape index (κ1) is 14.0. The Labute approximate surface area is 114 Å². The molecular weight excluding hydrogens is 284 g/mol. The molecule has 106 valence electrons. The maximum atomic E-state index is 12.0. The Morgan fingerprint density at radius 3 is 2.60 bits per heavy atom. The fourth-order valence-electron chi connectivity index (χ4n) is 1.48. The average Bonchev–Trinajstić information content (AvgIpc) is 2.72. The third kappa shape index (κ3) is 3.12. The summed E-state index contributed by atoms with van der Waals surface area (Å²) in [6.45, 7) is 1.60. The molecule has 1 heterocycles. The van der Waals surface area contributed by atoms with E-state index in [9.17, 15) is 13.2 Å². The molecule has 0 aliphatic rings. The molecular formula is C11H12N4O4S. The summed E-state index contributed by atoms with van der Waals surface area (Å²) in [7, 11) is -3.46. The zero-order valence-electron chi connectivity index (χ0n) is 10.7. The van der Waals surface area contributed by atoms with E-state index in [1.165, 1.54) is 18.2 Å². The molecule has 9 heteroatoms. The minimum Gasteiger partial charge on any atom is -0.399 e. The van der Waals surface area contributed by atoms with E-state index in [0.29, 0.717) is 5.82 Å². The maximum absolute atomic E-state index is 12.0. The van der Waals surface area contributed by atoms with E-state index in [-0.39, 0.29) is 22.2 Å². The quantitative estimate of drug-likeness (QED) is 0.794. The molecule has 0 spiro atoms. The molecule has 0 saturated heterocycles. The lowest BCUT2D eigenvalue weighted by Crippen LogP contribution is -2.13. The van der Waals surface area contributed by atoms with E-state index >= 15 is 0 Å². The lowest BCUT2D eigenvalue weighted by atomic mass is 10.2. The molecule has 1 aromatic carbocycles. The number of anilines is 2. The van der Waals surface area contributed by atoms with Crippen LogP contribution in [0.15, 0.2) is 27.6 Å². The Balaban J connectivity index is 2.33. The van der Waals surface area contributed by atoms with Crippen molar-refractivity contribution in [3.05, 3.63) is 29.6 Å². The van der Waals surface area contributed by atoms with Gasteiger partial charge in [0.1, 0.15) is 0 Å². The number of nitrogens with one attached hydrogen (secondary N) is 1. The maximum Gasteiger partial charge on any atom is 0.328 e. The smallest absolute Gasteiger partial charge is 0.328 e. The van der Waals surface area contributed by atoms with Crippen molar-refractivity contribution in [3.63, 3.8) is 0 Å². The van der Waals surface area contributed by atoms with Crippen LogP contribution in [0, 0.1) is 6.92 Å². The Kier molecular flexibility index (Phi) is 3.45. The molecule has 0 saturated carbocycles. The van der Waals surface area contributed by atoms with Crippen LogP contribution in [0.2, 0.25) is 0 Å². The van der Waals surface area contributed by atoms with Crippen molar-refractivity contribution in [2.45, 2.75) is 11.8 Å². The van der Waals surface area contributed by atoms with Crippen molar-refractivity contribution < 1.29 is 17.7 Å². The summed E-state index contributed by atoms with van der Waals surface area (Å²) < 4.78 is 27.7. The predicted octanol–water partition coefficient (Wildman–Crippen LogP) is 0.616. The topological polar surface area (TPSA) is 128 Å². The standard InChI is InChI=1S/C11H12N4O4S/c1-6-13-11(19-15-6)14-10(16)7-3-8(12)5-9(4-7)20(2,17)18/h3-5H,12H2,1-2H3,(H,13,14,15,16). The lowest BCUT2D eigenvalue weighted by Gasteiger charge is -2.05. The molecule has 0 radical (unpaired) electrons. The van der Waals surface area contributed by atoms with Gasteiger partial charge in [0.15, 0.2) is 15.7 Å². The molecule has 0 aliphatic heterocycles. The van der Waals surface area contributed by atoms with E-state index in [2.05, 4.69) is 15.5 Å². The minimum atomic E-state index is -3.46. The van der Waals surface area contributed by atoms with Gasteiger partial charge in [-0.2, -0.15) is 4.98 Å². The number of nitrogens with two attached hydrogens (primary N) is 1. The monoisotopic (exact) mass is 296 g/mol. The highest BCUT2D eigenvalue weighted by Crippen LogP contribution is 2.17. The van der Waals surface area contributed by atoms with Crippen LogP contribution >= 0.6 is 0 Å². The van der Waals surface area contributed by atoms with Crippen LogP contribution in [-0.4, -0.2) is 30.7 Å². The first-order valence-corrected chi connectivity index (χ1v) is 7.37. The Bertz CT molecular complexity index is 766. The fraction of sp³-hybridized carbons (Fsp3) is 0.182. The van der Waals surface area contributed by atoms with Crippen LogP contribution in [0.5, 0.6) is 0 Å². The number of amides is 1. The number of hydrogen-bond acceptors (Lipinski definition) is 7. The molecule has 0 bridgehead atoms. The van der Waals surface area contributed by atoms with E-state index in [1.807, 2.05) is 0 Å². The van der Waals surface area contributed by atoms with Crippen LogP contribution in [-0.2, 0) is 9.84 Å². The summed E-state index contributed by atoms with van der Waals surface area (Å²) in [4.78, 5) is 15.7. The first-order chi connectivity index (χ1) is 9.25. The second-order valence-corrected chi connectivity index (χ2v) is 6.18. The number of sulfone groups is 1. The van der Waals surface area contributed by atoms with Gasteiger partial charge < -0.3 is 10.3 Å². The molecule has 3 N–H and O–H groups in total. The number of nitrogens with zero attached hydrogens (tertiary/aromatic N) is 2. The second-order valence-electron chi connectivity index (χ2n) is 4.16. The molecule has 2 aromatic rings. The van der Waals surface area contributed by atoms with Crippen LogP contribution in [0.4, 0.5) is 11.7 Å². The van der Waals surface area contributed by atoms with Crippen molar-refractivity contribution in [1.82, 2.24) is 10.1 Å². The number of carbonyl (C=O) groups excluding carboxylic acids is 1. The predicted molar refractivity (Wildman–Crippen MR) is 71.0 cm³/mol. The third-order valence-electron chi connectivity index (χ3n) is 2.37. The molecule has 1 aromatic heterocycles. The van der Waals surface area contributed by atoms with Gasteiger partial charge in [0.05, 0.1) is 4.90 Å². The van der Waals surface area contributed by atoms with Gasteiger partial charge in [0, 0.05) is 17.5 Å². The van der Waals surface area contributed by atoms with Crippen molar-refractivity contribution in [1.29, 1.82) is 0 Å². The van der Waals surface area contributed by atoms with E-state index in [1.54, 1.807) is 6.92 Å². The van der Waals surface area contributed by atoms with Crippen LogP contribution in [0.3, 0.4) is 0 Å². The zero-order chi connectivity index (χ0) is 14.9. The van der Waals surface area contributed by atoms with E-state index < -0.39 is 15.7 Å². The number of aromatic nitrogens is 2. The highest BCUT2D eigenvalue weighted by molar-refractivity contribution is 7.90. The summed E-state index contributed by atoms with van der Waals surface area (Å²) in [6, 6.07) is 3.79. The molecule has 0 fully saturated rings. The molecule has 2 rings (SSSR count). The molecule has 0 unspecified atom stereocenters. The number of hydrogen-bond donors (Lipinski definition) is 2. The van der Waals surface area contributed by atoms with Crippen LogP contribution < -0.4 is 11.1 Å². The molecule has 20 heavy (non-hydrogen) atoms. The van der Waals surface area contributed by atoms with Crippen LogP contribution in [0.25, 0.3) is 0 Å². The molecule has 1 amide bonds. The normalized spacial score (nSPS) is 11.3. The first-order valence-electron chi connectivity index (χ1n) is 5.48. The second kappa shape index (κ2) is 4.93. The van der Waals surface area contributed by atoms with Gasteiger partial charge in [0.2, 0.25) is 0 Å². The van der Waals surface area contributed by atoms with Gasteiger partial charge in [-0.3, -0.25) is 10.1 Å². The number of aryl methyl sites for hydroxylation is 1. The Morgan fingerprint density at radius 2 is 2.05 bits per heavy atom. The summed E-state index contributed by atoms with van der Waals surface area (Å²) in [5.74, 6) is -0.226. The van der Waals surface area contributed by atoms with Gasteiger partial charge in [-0.15, -0.1) is 0 Å². The van der Waals surface area contributed by atoms with Gasteiger partial charge in [-0.25, -0.2) is 8.42 Å². The number of carbonyl (C=O) groups is 1. The lowest BCUT2D eigenvalue weighted by molar-refractivity contribution is 0.102. The Hall–Kier alpha value is -2.42. The summed E-state index contributed by atoms with van der Waals surface area (Å²) >= 11 is 0. The zero-order valence-corrected chi connectivity index (χ0v) is 11.6. The van der Waals surface area contributed by atoms with Gasteiger partial charge >= 0.3 is 6.01 Å². The Morgan fingerprint density at radius 1 is 1.35 bits per heavy atom. The molecule has 0 atom stereocenters. The third-order valence-corrected chi connectivity index (χ3v) is 3.46. The van der Waals surface area contributed by atoms with Crippen LogP contribution in [0.1, 0.15) is 16.2 Å². The van der Waals surface area contributed by atoms with Crippen molar-refractivity contribution in [2.75, 3.05) is 17.3 Å². The van der Waals surface area contributed by atoms with Gasteiger partial charge in [-0.1, -0.05) is 5.16 Å². The fourth-order valence-corrected chi connectivity index (χ4v) is 2.18. The SMILES string of the molecule is Cc1noc(NC(=O)c2cc(N)cc(S(C)(=O)=O)c2)n1. The largest absolute Gasteiger partial charge is 0.399 e. The molecule has 0 aliphatic carbocycles. The van der Waals surface area contributed by atoms with Gasteiger partial charge in [0.25, 0.3) is 5.91 Å². The number of rotatable bonds is 3. The number of nitrogen functional groups attached to an aromatic ring is 1. The average molecular weight is 296 g/mol. The summed E-state index contributed by atoms with van der Waals surface area (Å²) in [5, 5.41) is 5.87. The molecule has 8 nitrogen and oxygen atoms in total. The summed E-state index contributed by atoms with van der Waals surface area (Å²) in [6.07, 6.45) is 1.03. The van der Waals surface area contributed by atoms with E-state index in [4.69, 9.17) is 10.3 Å². The summed E-state index contributed by atoms with van der Waals surface area (Å²) in [5.41, 5.74) is 5.85. The minimum absolute atomic E-state index is 0.0376. The highest BCUT2D eigenvalue weighted by atomic mass is 32.2. The van der Waals surface area contributed by atoms with Crippen molar-refractivity contribution >= 4 is 27.4 Å². The van der Waals surface area contributed by atoms with Crippen molar-refractivity contribution in [2.24, 2.45) is 0 Å². The highest BCUT2D eigenvalue weighted by Gasteiger charge is 2.15. The van der Waals surface area contributed by atoms with E-state index in [0.717, 1.165) is 6.26 Å². The van der Waals surface area contributed by atoms with Crippen molar-refractivity contribution in [3.8, 4) is 0 Å². The number of benzene rings is 1. The van der Waals surface area contributed by atoms with Gasteiger partial charge in [-0.05, 0) is 25.1 Å².